The third kappa shape index (κ3) is 3.04. The summed E-state index contributed by atoms with van der Waals surface area (Å²) in [5, 5.41) is 1.18. The van der Waals surface area contributed by atoms with Gasteiger partial charge in [-0.1, -0.05) is 13.8 Å². The molecule has 0 amide bonds. The van der Waals surface area contributed by atoms with Crippen LogP contribution in [-0.4, -0.2) is 11.0 Å². The van der Waals surface area contributed by atoms with Crippen LogP contribution in [0.2, 0.25) is 0 Å². The Kier molecular flexibility index (Phi) is 3.88. The van der Waals surface area contributed by atoms with E-state index in [2.05, 4.69) is 34.8 Å². The Hall–Kier alpha value is 0.0700. The van der Waals surface area contributed by atoms with Gasteiger partial charge in [0.05, 0.1) is 14.5 Å². The molecule has 1 aromatic rings. The van der Waals surface area contributed by atoms with Crippen LogP contribution in [0.15, 0.2) is 3.79 Å². The van der Waals surface area contributed by atoms with Crippen molar-refractivity contribution in [2.75, 3.05) is 0 Å². The molecule has 74 valence electrons. The third-order valence-electron chi connectivity index (χ3n) is 1.68. The highest BCUT2D eigenvalue weighted by atomic mass is 79.9. The standard InChI is InChI=1S/C9H15BrN2S/c1-5(2)9-12-7(4-6(3)11)8(10)13-9/h5-6H,4,11H2,1-3H3. The van der Waals surface area contributed by atoms with Crippen molar-refractivity contribution in [3.63, 3.8) is 0 Å². The smallest absolute Gasteiger partial charge is 0.0965 e. The number of hydrogen-bond donors (Lipinski definition) is 1. The highest BCUT2D eigenvalue weighted by molar-refractivity contribution is 9.11. The van der Waals surface area contributed by atoms with E-state index < -0.39 is 0 Å². The summed E-state index contributed by atoms with van der Waals surface area (Å²) in [6.07, 6.45) is 0.851. The lowest BCUT2D eigenvalue weighted by Gasteiger charge is -2.01. The molecule has 0 saturated heterocycles. The molecule has 1 heterocycles. The van der Waals surface area contributed by atoms with Gasteiger partial charge < -0.3 is 5.73 Å². The Labute approximate surface area is 91.7 Å². The Morgan fingerprint density at radius 2 is 2.08 bits per heavy atom. The highest BCUT2D eigenvalue weighted by Crippen LogP contribution is 2.29. The first-order valence-electron chi connectivity index (χ1n) is 4.41. The monoisotopic (exact) mass is 262 g/mol. The molecular weight excluding hydrogens is 248 g/mol. The van der Waals surface area contributed by atoms with Crippen molar-refractivity contribution in [1.82, 2.24) is 4.98 Å². The van der Waals surface area contributed by atoms with Crippen LogP contribution in [0.1, 0.15) is 37.4 Å². The van der Waals surface area contributed by atoms with Crippen LogP contribution in [0.3, 0.4) is 0 Å². The van der Waals surface area contributed by atoms with E-state index in [-0.39, 0.29) is 6.04 Å². The van der Waals surface area contributed by atoms with Gasteiger partial charge in [-0.15, -0.1) is 11.3 Å². The molecule has 0 spiro atoms. The fourth-order valence-corrected chi connectivity index (χ4v) is 2.60. The molecule has 2 nitrogen and oxygen atoms in total. The van der Waals surface area contributed by atoms with Crippen LogP contribution in [0.5, 0.6) is 0 Å². The molecular formula is C9H15BrN2S. The Bertz CT molecular complexity index is 281. The van der Waals surface area contributed by atoms with Gasteiger partial charge in [-0.25, -0.2) is 4.98 Å². The van der Waals surface area contributed by atoms with Crippen LogP contribution in [-0.2, 0) is 6.42 Å². The van der Waals surface area contributed by atoms with E-state index in [1.54, 1.807) is 11.3 Å². The second-order valence-corrected chi connectivity index (χ2v) is 5.96. The number of halogens is 1. The van der Waals surface area contributed by atoms with Gasteiger partial charge in [0.1, 0.15) is 0 Å². The average Bonchev–Trinajstić information content (AvgIpc) is 2.31. The van der Waals surface area contributed by atoms with Crippen LogP contribution >= 0.6 is 27.3 Å². The maximum absolute atomic E-state index is 5.72. The predicted octanol–water partition coefficient (Wildman–Crippen LogP) is 2.92. The lowest BCUT2D eigenvalue weighted by atomic mass is 10.2. The molecule has 0 aromatic carbocycles. The number of aromatic nitrogens is 1. The first-order chi connectivity index (χ1) is 6.00. The molecule has 1 rings (SSSR count). The number of nitrogens with two attached hydrogens (primary N) is 1. The number of hydrogen-bond acceptors (Lipinski definition) is 3. The Morgan fingerprint density at radius 1 is 1.46 bits per heavy atom. The van der Waals surface area contributed by atoms with Crippen LogP contribution in [0.25, 0.3) is 0 Å². The summed E-state index contributed by atoms with van der Waals surface area (Å²) >= 11 is 5.23. The molecule has 0 aliphatic heterocycles. The average molecular weight is 263 g/mol. The minimum Gasteiger partial charge on any atom is -0.328 e. The van der Waals surface area contributed by atoms with Gasteiger partial charge in [-0.3, -0.25) is 0 Å². The fraction of sp³-hybridized carbons (Fsp3) is 0.667. The molecule has 13 heavy (non-hydrogen) atoms. The topological polar surface area (TPSA) is 38.9 Å². The first kappa shape index (κ1) is 11.1. The van der Waals surface area contributed by atoms with Crippen molar-refractivity contribution < 1.29 is 0 Å². The molecule has 2 N–H and O–H groups in total. The SMILES string of the molecule is CC(N)Cc1nc(C(C)C)sc1Br. The summed E-state index contributed by atoms with van der Waals surface area (Å²) in [6.45, 7) is 6.31. The van der Waals surface area contributed by atoms with Gasteiger partial charge in [0.15, 0.2) is 0 Å². The van der Waals surface area contributed by atoms with Crippen LogP contribution in [0.4, 0.5) is 0 Å². The number of thiazole rings is 1. The summed E-state index contributed by atoms with van der Waals surface area (Å²) in [5.41, 5.74) is 6.82. The van der Waals surface area contributed by atoms with E-state index in [0.29, 0.717) is 5.92 Å². The lowest BCUT2D eigenvalue weighted by molar-refractivity contribution is 0.717. The fourth-order valence-electron chi connectivity index (χ4n) is 1.03. The van der Waals surface area contributed by atoms with Gasteiger partial charge in [-0.2, -0.15) is 0 Å². The van der Waals surface area contributed by atoms with Gasteiger partial charge in [0.2, 0.25) is 0 Å². The number of rotatable bonds is 3. The van der Waals surface area contributed by atoms with E-state index in [1.165, 1.54) is 5.01 Å². The molecule has 0 saturated carbocycles. The molecule has 0 fully saturated rings. The molecule has 0 bridgehead atoms. The summed E-state index contributed by atoms with van der Waals surface area (Å²) in [6, 6.07) is 0.179. The Balaban J connectivity index is 2.83. The minimum absolute atomic E-state index is 0.179. The summed E-state index contributed by atoms with van der Waals surface area (Å²) < 4.78 is 1.13. The largest absolute Gasteiger partial charge is 0.328 e. The molecule has 1 unspecified atom stereocenters. The number of nitrogens with zero attached hydrogens (tertiary/aromatic N) is 1. The van der Waals surface area contributed by atoms with Gasteiger partial charge in [0.25, 0.3) is 0 Å². The first-order valence-corrected chi connectivity index (χ1v) is 6.02. The summed E-state index contributed by atoms with van der Waals surface area (Å²) in [7, 11) is 0. The van der Waals surface area contributed by atoms with Crippen molar-refractivity contribution in [2.45, 2.75) is 39.2 Å². The van der Waals surface area contributed by atoms with E-state index in [4.69, 9.17) is 5.73 Å². The molecule has 1 atom stereocenters. The van der Waals surface area contributed by atoms with E-state index in [1.807, 2.05) is 6.92 Å². The zero-order valence-electron chi connectivity index (χ0n) is 8.17. The van der Waals surface area contributed by atoms with Crippen LogP contribution < -0.4 is 5.73 Å². The quantitative estimate of drug-likeness (QED) is 0.910. The predicted molar refractivity (Wildman–Crippen MR) is 61.3 cm³/mol. The zero-order chi connectivity index (χ0) is 10.0. The minimum atomic E-state index is 0.179. The van der Waals surface area contributed by atoms with E-state index >= 15 is 0 Å². The molecule has 0 aliphatic rings. The second kappa shape index (κ2) is 4.53. The maximum atomic E-state index is 5.72. The van der Waals surface area contributed by atoms with Crippen molar-refractivity contribution in [2.24, 2.45) is 5.73 Å². The van der Waals surface area contributed by atoms with Crippen molar-refractivity contribution in [1.29, 1.82) is 0 Å². The Morgan fingerprint density at radius 3 is 2.46 bits per heavy atom. The molecule has 4 heteroatoms. The van der Waals surface area contributed by atoms with Gasteiger partial charge in [-0.05, 0) is 22.9 Å². The highest BCUT2D eigenvalue weighted by Gasteiger charge is 2.12. The molecule has 0 aliphatic carbocycles. The molecule has 0 radical (unpaired) electrons. The third-order valence-corrected chi connectivity index (χ3v) is 3.81. The molecule has 1 aromatic heterocycles. The van der Waals surface area contributed by atoms with E-state index in [0.717, 1.165) is 15.9 Å². The van der Waals surface area contributed by atoms with E-state index in [9.17, 15) is 0 Å². The maximum Gasteiger partial charge on any atom is 0.0965 e. The summed E-state index contributed by atoms with van der Waals surface area (Å²) in [5.74, 6) is 0.503. The van der Waals surface area contributed by atoms with Gasteiger partial charge >= 0.3 is 0 Å². The van der Waals surface area contributed by atoms with Crippen LogP contribution in [0, 0.1) is 0 Å². The summed E-state index contributed by atoms with van der Waals surface area (Å²) in [4.78, 5) is 4.54. The van der Waals surface area contributed by atoms with Crippen molar-refractivity contribution in [3.05, 3.63) is 14.5 Å². The zero-order valence-corrected chi connectivity index (χ0v) is 10.6. The second-order valence-electron chi connectivity index (χ2n) is 3.61. The van der Waals surface area contributed by atoms with Crippen molar-refractivity contribution >= 4 is 27.3 Å². The van der Waals surface area contributed by atoms with Crippen molar-refractivity contribution in [3.8, 4) is 0 Å². The van der Waals surface area contributed by atoms with Gasteiger partial charge in [0, 0.05) is 18.4 Å². The normalized spacial score (nSPS) is 13.7. The lowest BCUT2D eigenvalue weighted by Crippen LogP contribution is -2.18.